The zero-order valence-corrected chi connectivity index (χ0v) is 18.7. The van der Waals surface area contributed by atoms with Crippen LogP contribution in [-0.2, 0) is 17.6 Å². The number of aryl methyl sites for hydroxylation is 2. The molecule has 9 heteroatoms. The van der Waals surface area contributed by atoms with Gasteiger partial charge in [0.05, 0.1) is 29.3 Å². The molecule has 5 rings (SSSR count). The summed E-state index contributed by atoms with van der Waals surface area (Å²) in [5.74, 6) is 0.516. The van der Waals surface area contributed by atoms with E-state index in [9.17, 15) is 9.59 Å². The Morgan fingerprint density at radius 1 is 1.28 bits per heavy atom. The van der Waals surface area contributed by atoms with Crippen molar-refractivity contribution in [1.82, 2.24) is 9.66 Å². The standard InChI is InChI=1S/C23H18ClN3O4S/c1-30-23(29)15-8-6-13(10-17(15)24)18-9-7-14(31-18)11-26-27-12-25-21-20(22(27)28)16-4-2-3-5-19(16)32-21/h6-12H,2-5H2,1H3. The Kier molecular flexibility index (Phi) is 5.40. The summed E-state index contributed by atoms with van der Waals surface area (Å²) >= 11 is 7.80. The van der Waals surface area contributed by atoms with Gasteiger partial charge in [0.2, 0.25) is 0 Å². The molecule has 0 bridgehead atoms. The molecular formula is C23H18ClN3O4S. The highest BCUT2D eigenvalue weighted by Crippen LogP contribution is 2.33. The SMILES string of the molecule is COC(=O)c1ccc(-c2ccc(C=Nn3cnc4sc5c(c4c3=O)CCCC5)o2)cc1Cl. The number of thiophene rings is 1. The monoisotopic (exact) mass is 467 g/mol. The number of methoxy groups -OCH3 is 1. The predicted molar refractivity (Wildman–Crippen MR) is 124 cm³/mol. The Morgan fingerprint density at radius 3 is 2.94 bits per heavy atom. The van der Waals surface area contributed by atoms with Crippen LogP contribution in [0, 0.1) is 0 Å². The van der Waals surface area contributed by atoms with Crippen LogP contribution in [0.5, 0.6) is 0 Å². The van der Waals surface area contributed by atoms with E-state index in [0.717, 1.165) is 36.1 Å². The van der Waals surface area contributed by atoms with Gasteiger partial charge < -0.3 is 9.15 Å². The molecule has 32 heavy (non-hydrogen) atoms. The van der Waals surface area contributed by atoms with Gasteiger partial charge in [-0.2, -0.15) is 9.78 Å². The molecular weight excluding hydrogens is 450 g/mol. The van der Waals surface area contributed by atoms with Crippen molar-refractivity contribution in [3.63, 3.8) is 0 Å². The maximum absolute atomic E-state index is 13.0. The molecule has 3 aromatic heterocycles. The van der Waals surface area contributed by atoms with E-state index in [1.54, 1.807) is 41.7 Å². The first-order chi connectivity index (χ1) is 15.5. The first-order valence-corrected chi connectivity index (χ1v) is 11.3. The van der Waals surface area contributed by atoms with Crippen molar-refractivity contribution >= 4 is 45.3 Å². The Morgan fingerprint density at radius 2 is 2.12 bits per heavy atom. The first-order valence-electron chi connectivity index (χ1n) is 10.1. The third kappa shape index (κ3) is 3.65. The number of hydrogen-bond acceptors (Lipinski definition) is 7. The van der Waals surface area contributed by atoms with Crippen molar-refractivity contribution in [3.05, 3.63) is 73.8 Å². The molecule has 0 unspecified atom stereocenters. The van der Waals surface area contributed by atoms with Gasteiger partial charge in [0.1, 0.15) is 22.7 Å². The van der Waals surface area contributed by atoms with E-state index in [0.29, 0.717) is 22.5 Å². The summed E-state index contributed by atoms with van der Waals surface area (Å²) in [4.78, 5) is 31.2. The molecule has 0 saturated heterocycles. The number of halogens is 1. The molecule has 1 aliphatic rings. The number of benzene rings is 1. The van der Waals surface area contributed by atoms with E-state index in [4.69, 9.17) is 20.8 Å². The smallest absolute Gasteiger partial charge is 0.339 e. The number of hydrogen-bond donors (Lipinski definition) is 0. The summed E-state index contributed by atoms with van der Waals surface area (Å²) in [5.41, 5.74) is 1.95. The van der Waals surface area contributed by atoms with Gasteiger partial charge in [-0.1, -0.05) is 17.7 Å². The van der Waals surface area contributed by atoms with Crippen LogP contribution in [-0.4, -0.2) is 29.0 Å². The maximum atomic E-state index is 13.0. The van der Waals surface area contributed by atoms with Gasteiger partial charge in [-0.15, -0.1) is 11.3 Å². The number of ether oxygens (including phenoxy) is 1. The minimum absolute atomic E-state index is 0.164. The summed E-state index contributed by atoms with van der Waals surface area (Å²) in [6.07, 6.45) is 7.09. The van der Waals surface area contributed by atoms with Crippen LogP contribution < -0.4 is 5.56 Å². The predicted octanol–water partition coefficient (Wildman–Crippen LogP) is 4.92. The second-order valence-corrected chi connectivity index (χ2v) is 8.91. The van der Waals surface area contributed by atoms with Gasteiger partial charge in [-0.05, 0) is 55.5 Å². The van der Waals surface area contributed by atoms with E-state index in [-0.39, 0.29) is 16.1 Å². The third-order valence-electron chi connectivity index (χ3n) is 5.45. The van der Waals surface area contributed by atoms with Gasteiger partial charge >= 0.3 is 5.97 Å². The fourth-order valence-corrected chi connectivity index (χ4v) is 5.34. The lowest BCUT2D eigenvalue weighted by Crippen LogP contribution is -2.17. The first kappa shape index (κ1) is 20.7. The van der Waals surface area contributed by atoms with Crippen LogP contribution in [0.15, 0.2) is 51.0 Å². The quantitative estimate of drug-likeness (QED) is 0.314. The highest BCUT2D eigenvalue weighted by molar-refractivity contribution is 7.18. The summed E-state index contributed by atoms with van der Waals surface area (Å²) < 4.78 is 11.8. The molecule has 1 aromatic carbocycles. The lowest BCUT2D eigenvalue weighted by molar-refractivity contribution is 0.0601. The van der Waals surface area contributed by atoms with Crippen molar-refractivity contribution in [2.45, 2.75) is 25.7 Å². The van der Waals surface area contributed by atoms with Crippen LogP contribution in [0.1, 0.15) is 39.4 Å². The number of esters is 1. The van der Waals surface area contributed by atoms with Gasteiger partial charge in [0.15, 0.2) is 0 Å². The van der Waals surface area contributed by atoms with Crippen LogP contribution in [0.3, 0.4) is 0 Å². The van der Waals surface area contributed by atoms with Crippen LogP contribution >= 0.6 is 22.9 Å². The van der Waals surface area contributed by atoms with E-state index in [1.165, 1.54) is 29.2 Å². The van der Waals surface area contributed by atoms with Crippen molar-refractivity contribution in [1.29, 1.82) is 0 Å². The molecule has 0 spiro atoms. The van der Waals surface area contributed by atoms with Crippen LogP contribution in [0.25, 0.3) is 21.5 Å². The minimum Gasteiger partial charge on any atom is -0.465 e. The molecule has 0 amide bonds. The maximum Gasteiger partial charge on any atom is 0.339 e. The van der Waals surface area contributed by atoms with E-state index < -0.39 is 5.97 Å². The fraction of sp³-hybridized carbons (Fsp3) is 0.217. The van der Waals surface area contributed by atoms with Crippen molar-refractivity contribution < 1.29 is 13.9 Å². The zero-order valence-electron chi connectivity index (χ0n) is 17.1. The molecule has 4 aromatic rings. The number of fused-ring (bicyclic) bond motifs is 3. The van der Waals surface area contributed by atoms with Crippen molar-refractivity contribution in [2.75, 3.05) is 7.11 Å². The summed E-state index contributed by atoms with van der Waals surface area (Å²) in [5, 5.41) is 5.22. The normalized spacial score (nSPS) is 13.6. The Balaban J connectivity index is 1.42. The molecule has 7 nitrogen and oxygen atoms in total. The van der Waals surface area contributed by atoms with E-state index in [2.05, 4.69) is 10.1 Å². The molecule has 0 N–H and O–H groups in total. The number of carbonyl (C=O) groups excluding carboxylic acids is 1. The average molecular weight is 468 g/mol. The number of nitrogens with zero attached hydrogens (tertiary/aromatic N) is 3. The average Bonchev–Trinajstić information content (AvgIpc) is 3.43. The second-order valence-electron chi connectivity index (χ2n) is 7.42. The molecule has 0 atom stereocenters. The molecule has 1 aliphatic carbocycles. The third-order valence-corrected chi connectivity index (χ3v) is 6.97. The fourth-order valence-electron chi connectivity index (χ4n) is 3.86. The van der Waals surface area contributed by atoms with Gasteiger partial charge in [-0.3, -0.25) is 4.79 Å². The molecule has 0 fully saturated rings. The summed E-state index contributed by atoms with van der Waals surface area (Å²) in [6, 6.07) is 8.45. The largest absolute Gasteiger partial charge is 0.465 e. The number of aromatic nitrogens is 2. The van der Waals surface area contributed by atoms with Crippen LogP contribution in [0.4, 0.5) is 0 Å². The number of carbonyl (C=O) groups is 1. The highest BCUT2D eigenvalue weighted by atomic mass is 35.5. The Labute approximate surface area is 191 Å². The van der Waals surface area contributed by atoms with Crippen molar-refractivity contribution in [3.8, 4) is 11.3 Å². The molecule has 0 radical (unpaired) electrons. The lowest BCUT2D eigenvalue weighted by Gasteiger charge is -2.09. The lowest BCUT2D eigenvalue weighted by atomic mass is 9.97. The van der Waals surface area contributed by atoms with Crippen molar-refractivity contribution in [2.24, 2.45) is 5.10 Å². The van der Waals surface area contributed by atoms with Gasteiger partial charge in [0.25, 0.3) is 5.56 Å². The van der Waals surface area contributed by atoms with Gasteiger partial charge in [0, 0.05) is 10.4 Å². The molecule has 0 aliphatic heterocycles. The number of rotatable bonds is 4. The zero-order chi connectivity index (χ0) is 22.2. The molecule has 0 saturated carbocycles. The van der Waals surface area contributed by atoms with E-state index in [1.807, 2.05) is 0 Å². The Bertz CT molecular complexity index is 1430. The molecule has 3 heterocycles. The topological polar surface area (TPSA) is 86.7 Å². The second kappa shape index (κ2) is 8.37. The summed E-state index contributed by atoms with van der Waals surface area (Å²) in [6.45, 7) is 0. The summed E-state index contributed by atoms with van der Waals surface area (Å²) in [7, 11) is 1.30. The minimum atomic E-state index is -0.503. The highest BCUT2D eigenvalue weighted by Gasteiger charge is 2.20. The Hall–Kier alpha value is -3.23. The van der Waals surface area contributed by atoms with Crippen LogP contribution in [0.2, 0.25) is 5.02 Å². The molecule has 162 valence electrons. The van der Waals surface area contributed by atoms with E-state index >= 15 is 0 Å². The van der Waals surface area contributed by atoms with Gasteiger partial charge in [-0.25, -0.2) is 9.78 Å². The number of furan rings is 1.